The second-order valence-corrected chi connectivity index (χ2v) is 6.27. The Morgan fingerprint density at radius 2 is 2.25 bits per heavy atom. The number of thioether (sulfide) groups is 1. The normalized spacial score (nSPS) is 16.1. The molecule has 6 nitrogen and oxygen atoms in total. The molecule has 7 heteroatoms. The molecule has 1 fully saturated rings. The van der Waals surface area contributed by atoms with Crippen LogP contribution in [0.3, 0.4) is 0 Å². The Kier molecular flexibility index (Phi) is 5.19. The molecule has 1 aromatic heterocycles. The molecule has 0 saturated carbocycles. The van der Waals surface area contributed by atoms with Crippen LogP contribution in [-0.4, -0.2) is 45.4 Å². The summed E-state index contributed by atoms with van der Waals surface area (Å²) < 4.78 is 0. The van der Waals surface area contributed by atoms with Crippen LogP contribution >= 0.6 is 11.8 Å². The average Bonchev–Trinajstić information content (AvgIpc) is 2.74. The molecule has 0 aliphatic carbocycles. The van der Waals surface area contributed by atoms with E-state index in [-0.39, 0.29) is 11.8 Å². The molecule has 0 atom stereocenters. The Morgan fingerprint density at radius 1 is 1.45 bits per heavy atom. The van der Waals surface area contributed by atoms with Gasteiger partial charge in [-0.2, -0.15) is 11.8 Å². The number of carbonyl (C=O) groups excluding carboxylic acids is 1. The van der Waals surface area contributed by atoms with Gasteiger partial charge in [0.15, 0.2) is 5.69 Å². The predicted molar refractivity (Wildman–Crippen MR) is 81.8 cm³/mol. The number of nitrogens with two attached hydrogens (primary N) is 1. The lowest BCUT2D eigenvalue weighted by atomic mass is 10.2. The second kappa shape index (κ2) is 6.90. The molecular weight excluding hydrogens is 274 g/mol. The first-order valence-electron chi connectivity index (χ1n) is 6.84. The molecule has 1 aliphatic rings. The molecule has 3 N–H and O–H groups in total. The van der Waals surface area contributed by atoms with Crippen molar-refractivity contribution in [1.82, 2.24) is 14.9 Å². The predicted octanol–water partition coefficient (Wildman–Crippen LogP) is 1.46. The van der Waals surface area contributed by atoms with Crippen LogP contribution in [0.25, 0.3) is 0 Å². The number of hydrazine groups is 1. The smallest absolute Gasteiger partial charge is 0.274 e. The van der Waals surface area contributed by atoms with Gasteiger partial charge >= 0.3 is 0 Å². The number of hydrogen-bond acceptors (Lipinski definition) is 6. The first kappa shape index (κ1) is 15.1. The lowest BCUT2D eigenvalue weighted by Crippen LogP contribution is -2.34. The largest absolute Gasteiger partial charge is 0.336 e. The molecule has 1 saturated heterocycles. The summed E-state index contributed by atoms with van der Waals surface area (Å²) in [6.45, 7) is 5.54. The van der Waals surface area contributed by atoms with Crippen LogP contribution in [0.5, 0.6) is 0 Å². The number of carbonyl (C=O) groups is 1. The monoisotopic (exact) mass is 295 g/mol. The minimum Gasteiger partial charge on any atom is -0.336 e. The Balaban J connectivity index is 2.28. The van der Waals surface area contributed by atoms with Gasteiger partial charge in [-0.25, -0.2) is 9.97 Å². The van der Waals surface area contributed by atoms with Crippen LogP contribution in [0.4, 0.5) is 5.69 Å². The van der Waals surface area contributed by atoms with E-state index >= 15 is 0 Å². The summed E-state index contributed by atoms with van der Waals surface area (Å²) in [4.78, 5) is 23.1. The second-order valence-electron chi connectivity index (χ2n) is 5.05. The molecule has 0 spiro atoms. The molecule has 0 unspecified atom stereocenters. The fourth-order valence-corrected chi connectivity index (χ4v) is 2.93. The fraction of sp³-hybridized carbons (Fsp3) is 0.615. The maximum atomic E-state index is 12.6. The SMILES string of the molecule is CC(C)c1ncc(NN)c(C(=O)N2CCCSCC2)n1. The Labute approximate surface area is 123 Å². The van der Waals surface area contributed by atoms with Gasteiger partial charge in [0, 0.05) is 24.8 Å². The number of rotatable bonds is 3. The molecule has 0 radical (unpaired) electrons. The van der Waals surface area contributed by atoms with Crippen molar-refractivity contribution in [3.63, 3.8) is 0 Å². The number of hydrogen-bond donors (Lipinski definition) is 2. The number of amides is 1. The number of nitrogen functional groups attached to an aromatic ring is 1. The highest BCUT2D eigenvalue weighted by Gasteiger charge is 2.22. The summed E-state index contributed by atoms with van der Waals surface area (Å²) in [6, 6.07) is 0. The molecule has 2 heterocycles. The molecule has 20 heavy (non-hydrogen) atoms. The first-order chi connectivity index (χ1) is 9.63. The molecule has 1 amide bonds. The van der Waals surface area contributed by atoms with Gasteiger partial charge in [0.1, 0.15) is 5.82 Å². The van der Waals surface area contributed by atoms with Crippen molar-refractivity contribution in [1.29, 1.82) is 0 Å². The van der Waals surface area contributed by atoms with E-state index in [2.05, 4.69) is 15.4 Å². The van der Waals surface area contributed by atoms with Gasteiger partial charge in [0.05, 0.1) is 11.9 Å². The topological polar surface area (TPSA) is 84.1 Å². The summed E-state index contributed by atoms with van der Waals surface area (Å²) in [7, 11) is 0. The van der Waals surface area contributed by atoms with Gasteiger partial charge in [-0.05, 0) is 12.2 Å². The van der Waals surface area contributed by atoms with E-state index in [0.29, 0.717) is 17.2 Å². The average molecular weight is 295 g/mol. The highest BCUT2D eigenvalue weighted by molar-refractivity contribution is 7.99. The molecule has 0 bridgehead atoms. The number of nitrogens with zero attached hydrogens (tertiary/aromatic N) is 3. The maximum absolute atomic E-state index is 12.6. The molecule has 0 aromatic carbocycles. The van der Waals surface area contributed by atoms with Gasteiger partial charge in [0.2, 0.25) is 0 Å². The minimum atomic E-state index is -0.0650. The highest BCUT2D eigenvalue weighted by atomic mass is 32.2. The summed E-state index contributed by atoms with van der Waals surface area (Å²) >= 11 is 1.88. The molecule has 2 rings (SSSR count). The van der Waals surface area contributed by atoms with Crippen LogP contribution < -0.4 is 11.3 Å². The summed E-state index contributed by atoms with van der Waals surface area (Å²) in [5, 5.41) is 0. The molecular formula is C13H21N5OS. The maximum Gasteiger partial charge on any atom is 0.274 e. The van der Waals surface area contributed by atoms with Gasteiger partial charge < -0.3 is 10.3 Å². The van der Waals surface area contributed by atoms with Crippen molar-refractivity contribution in [2.75, 3.05) is 30.0 Å². The zero-order valence-electron chi connectivity index (χ0n) is 11.9. The van der Waals surface area contributed by atoms with Crippen LogP contribution in [0, 0.1) is 0 Å². The Bertz CT molecular complexity index is 472. The van der Waals surface area contributed by atoms with E-state index in [1.54, 1.807) is 6.20 Å². The van der Waals surface area contributed by atoms with E-state index in [4.69, 9.17) is 5.84 Å². The number of anilines is 1. The number of nitrogens with one attached hydrogen (secondary N) is 1. The van der Waals surface area contributed by atoms with Crippen molar-refractivity contribution in [3.8, 4) is 0 Å². The van der Waals surface area contributed by atoms with Crippen molar-refractivity contribution in [2.24, 2.45) is 5.84 Å². The third-order valence-corrected chi connectivity index (χ3v) is 4.24. The Morgan fingerprint density at radius 3 is 2.95 bits per heavy atom. The van der Waals surface area contributed by atoms with Crippen molar-refractivity contribution in [3.05, 3.63) is 17.7 Å². The zero-order chi connectivity index (χ0) is 14.5. The van der Waals surface area contributed by atoms with E-state index in [1.807, 2.05) is 30.5 Å². The minimum absolute atomic E-state index is 0.0650. The third kappa shape index (κ3) is 3.40. The zero-order valence-corrected chi connectivity index (χ0v) is 12.7. The summed E-state index contributed by atoms with van der Waals surface area (Å²) in [5.74, 6) is 8.32. The highest BCUT2D eigenvalue weighted by Crippen LogP contribution is 2.19. The van der Waals surface area contributed by atoms with Crippen LogP contribution in [-0.2, 0) is 0 Å². The standard InChI is InChI=1S/C13H21N5OS/c1-9(2)12-15-8-10(17-14)11(16-12)13(19)18-4-3-6-20-7-5-18/h8-9,17H,3-7,14H2,1-2H3. The lowest BCUT2D eigenvalue weighted by Gasteiger charge is -2.21. The van der Waals surface area contributed by atoms with Crippen LogP contribution in [0.15, 0.2) is 6.20 Å². The van der Waals surface area contributed by atoms with Gasteiger partial charge in [-0.3, -0.25) is 10.6 Å². The quantitative estimate of drug-likeness (QED) is 0.649. The van der Waals surface area contributed by atoms with Gasteiger partial charge in [0.25, 0.3) is 5.91 Å². The van der Waals surface area contributed by atoms with E-state index in [1.165, 1.54) is 0 Å². The molecule has 110 valence electrons. The van der Waals surface area contributed by atoms with Gasteiger partial charge in [-0.15, -0.1) is 0 Å². The van der Waals surface area contributed by atoms with E-state index in [0.717, 1.165) is 31.0 Å². The van der Waals surface area contributed by atoms with Crippen LogP contribution in [0.2, 0.25) is 0 Å². The van der Waals surface area contributed by atoms with E-state index < -0.39 is 0 Å². The van der Waals surface area contributed by atoms with Crippen LogP contribution in [0.1, 0.15) is 42.5 Å². The van der Waals surface area contributed by atoms with E-state index in [9.17, 15) is 4.79 Å². The lowest BCUT2D eigenvalue weighted by molar-refractivity contribution is 0.0763. The first-order valence-corrected chi connectivity index (χ1v) is 7.99. The number of aromatic nitrogens is 2. The third-order valence-electron chi connectivity index (χ3n) is 3.19. The van der Waals surface area contributed by atoms with Crippen molar-refractivity contribution in [2.45, 2.75) is 26.2 Å². The summed E-state index contributed by atoms with van der Waals surface area (Å²) in [6.07, 6.45) is 2.60. The van der Waals surface area contributed by atoms with Crippen molar-refractivity contribution < 1.29 is 4.79 Å². The molecule has 1 aliphatic heterocycles. The Hall–Kier alpha value is -1.34. The van der Waals surface area contributed by atoms with Gasteiger partial charge in [-0.1, -0.05) is 13.8 Å². The summed E-state index contributed by atoms with van der Waals surface area (Å²) in [5.41, 5.74) is 3.38. The van der Waals surface area contributed by atoms with Crippen molar-refractivity contribution >= 4 is 23.4 Å². The molecule has 1 aromatic rings. The fourth-order valence-electron chi connectivity index (χ4n) is 2.04.